The van der Waals surface area contributed by atoms with Gasteiger partial charge in [0.05, 0.1) is 6.54 Å². The molecule has 1 amide bonds. The maximum absolute atomic E-state index is 11.9. The second-order valence-corrected chi connectivity index (χ2v) is 5.87. The van der Waals surface area contributed by atoms with Gasteiger partial charge >= 0.3 is 0 Å². The number of carbonyl (C=O) groups excluding carboxylic acids is 1. The topological polar surface area (TPSA) is 50.4 Å². The van der Waals surface area contributed by atoms with E-state index in [1.165, 1.54) is 12.8 Å². The first-order valence-corrected chi connectivity index (χ1v) is 8.09. The number of benzene rings is 2. The number of nitrogens with one attached hydrogen (secondary N) is 2. The van der Waals surface area contributed by atoms with Crippen LogP contribution in [0.3, 0.4) is 0 Å². The summed E-state index contributed by atoms with van der Waals surface area (Å²) in [6, 6.07) is 17.4. The molecule has 1 aliphatic carbocycles. The van der Waals surface area contributed by atoms with Gasteiger partial charge in [0.1, 0.15) is 11.5 Å². The Morgan fingerprint density at radius 1 is 1.04 bits per heavy atom. The minimum absolute atomic E-state index is 0.0140. The van der Waals surface area contributed by atoms with Crippen LogP contribution in [0, 0.1) is 5.92 Å². The average molecular weight is 310 g/mol. The molecule has 0 bridgehead atoms. The third kappa shape index (κ3) is 5.11. The van der Waals surface area contributed by atoms with E-state index in [1.54, 1.807) is 0 Å². The number of carbonyl (C=O) groups is 1. The standard InChI is InChI=1S/C19H22N2O2/c22-19(14-20-12-15-10-11-15)21-13-16-6-4-5-9-18(16)23-17-7-2-1-3-8-17/h1-9,15,20H,10-14H2,(H,21,22). The fraction of sp³-hybridized carbons (Fsp3) is 0.316. The first-order chi connectivity index (χ1) is 11.3. The first-order valence-electron chi connectivity index (χ1n) is 8.09. The molecule has 1 aliphatic rings. The Hall–Kier alpha value is -2.33. The van der Waals surface area contributed by atoms with Crippen molar-refractivity contribution in [1.82, 2.24) is 10.6 Å². The molecule has 2 N–H and O–H groups in total. The lowest BCUT2D eigenvalue weighted by Crippen LogP contribution is -2.34. The van der Waals surface area contributed by atoms with Crippen molar-refractivity contribution >= 4 is 5.91 Å². The SMILES string of the molecule is O=C(CNCC1CC1)NCc1ccccc1Oc1ccccc1. The van der Waals surface area contributed by atoms with Gasteiger partial charge in [0.15, 0.2) is 0 Å². The van der Waals surface area contributed by atoms with E-state index < -0.39 is 0 Å². The molecule has 3 rings (SSSR count). The van der Waals surface area contributed by atoms with Crippen LogP contribution in [0.5, 0.6) is 11.5 Å². The van der Waals surface area contributed by atoms with Gasteiger partial charge in [-0.1, -0.05) is 36.4 Å². The van der Waals surface area contributed by atoms with Gasteiger partial charge < -0.3 is 15.4 Å². The summed E-state index contributed by atoms with van der Waals surface area (Å²) in [7, 11) is 0. The predicted octanol–water partition coefficient (Wildman–Crippen LogP) is 3.09. The third-order valence-electron chi connectivity index (χ3n) is 3.84. The summed E-state index contributed by atoms with van der Waals surface area (Å²) in [5.41, 5.74) is 0.965. The van der Waals surface area contributed by atoms with Crippen molar-refractivity contribution in [2.45, 2.75) is 19.4 Å². The van der Waals surface area contributed by atoms with E-state index in [0.717, 1.165) is 29.5 Å². The highest BCUT2D eigenvalue weighted by atomic mass is 16.5. The second-order valence-electron chi connectivity index (χ2n) is 5.87. The maximum Gasteiger partial charge on any atom is 0.234 e. The highest BCUT2D eigenvalue weighted by Gasteiger charge is 2.20. The van der Waals surface area contributed by atoms with Crippen LogP contribution in [0.4, 0.5) is 0 Å². The summed E-state index contributed by atoms with van der Waals surface area (Å²) in [4.78, 5) is 11.9. The third-order valence-corrected chi connectivity index (χ3v) is 3.84. The number of hydrogen-bond donors (Lipinski definition) is 2. The van der Waals surface area contributed by atoms with Crippen molar-refractivity contribution < 1.29 is 9.53 Å². The molecule has 4 nitrogen and oxygen atoms in total. The van der Waals surface area contributed by atoms with Crippen LogP contribution in [0.2, 0.25) is 0 Å². The van der Waals surface area contributed by atoms with Crippen molar-refractivity contribution in [2.75, 3.05) is 13.1 Å². The molecule has 1 fully saturated rings. The smallest absolute Gasteiger partial charge is 0.234 e. The van der Waals surface area contributed by atoms with Crippen LogP contribution in [0.15, 0.2) is 54.6 Å². The van der Waals surface area contributed by atoms with Crippen LogP contribution in [-0.4, -0.2) is 19.0 Å². The second kappa shape index (κ2) is 7.79. The van der Waals surface area contributed by atoms with Crippen molar-refractivity contribution in [2.24, 2.45) is 5.92 Å². The normalized spacial score (nSPS) is 13.6. The van der Waals surface area contributed by atoms with E-state index in [-0.39, 0.29) is 5.91 Å². The number of hydrogen-bond acceptors (Lipinski definition) is 3. The van der Waals surface area contributed by atoms with Gasteiger partial charge in [-0.05, 0) is 43.5 Å². The average Bonchev–Trinajstić information content (AvgIpc) is 3.39. The zero-order chi connectivity index (χ0) is 15.9. The Morgan fingerprint density at radius 3 is 2.57 bits per heavy atom. The van der Waals surface area contributed by atoms with Crippen LogP contribution in [0.1, 0.15) is 18.4 Å². The van der Waals surface area contributed by atoms with Crippen molar-refractivity contribution in [3.05, 3.63) is 60.2 Å². The lowest BCUT2D eigenvalue weighted by Gasteiger charge is -2.12. The summed E-state index contributed by atoms with van der Waals surface area (Å²) in [5.74, 6) is 2.35. The molecule has 4 heteroatoms. The van der Waals surface area contributed by atoms with Gasteiger partial charge in [-0.2, -0.15) is 0 Å². The van der Waals surface area contributed by atoms with E-state index in [2.05, 4.69) is 10.6 Å². The molecule has 0 spiro atoms. The molecule has 1 saturated carbocycles. The Morgan fingerprint density at radius 2 is 1.78 bits per heavy atom. The van der Waals surface area contributed by atoms with Gasteiger partial charge in [-0.3, -0.25) is 4.79 Å². The Kier molecular flexibility index (Phi) is 5.27. The zero-order valence-electron chi connectivity index (χ0n) is 13.1. The fourth-order valence-corrected chi connectivity index (χ4v) is 2.33. The molecular formula is C19H22N2O2. The summed E-state index contributed by atoms with van der Waals surface area (Å²) in [6.45, 7) is 1.78. The van der Waals surface area contributed by atoms with E-state index in [1.807, 2.05) is 54.6 Å². The molecule has 0 aromatic heterocycles. The molecule has 2 aromatic rings. The molecule has 120 valence electrons. The molecule has 23 heavy (non-hydrogen) atoms. The van der Waals surface area contributed by atoms with Crippen molar-refractivity contribution in [3.8, 4) is 11.5 Å². The fourth-order valence-electron chi connectivity index (χ4n) is 2.33. The van der Waals surface area contributed by atoms with Gasteiger partial charge in [0, 0.05) is 12.1 Å². The minimum atomic E-state index is 0.0140. The van der Waals surface area contributed by atoms with Gasteiger partial charge in [-0.15, -0.1) is 0 Å². The Balaban J connectivity index is 1.51. The number of amides is 1. The predicted molar refractivity (Wildman–Crippen MR) is 90.4 cm³/mol. The molecule has 0 atom stereocenters. The minimum Gasteiger partial charge on any atom is -0.457 e. The molecule has 0 unspecified atom stereocenters. The quantitative estimate of drug-likeness (QED) is 0.788. The van der Waals surface area contributed by atoms with E-state index in [4.69, 9.17) is 4.74 Å². The molecule has 0 saturated heterocycles. The van der Waals surface area contributed by atoms with Gasteiger partial charge in [-0.25, -0.2) is 0 Å². The maximum atomic E-state index is 11.9. The molecular weight excluding hydrogens is 288 g/mol. The molecule has 0 radical (unpaired) electrons. The molecule has 0 aliphatic heterocycles. The highest BCUT2D eigenvalue weighted by Crippen LogP contribution is 2.27. The Labute approximate surface area is 136 Å². The van der Waals surface area contributed by atoms with Crippen LogP contribution in [0.25, 0.3) is 0 Å². The zero-order valence-corrected chi connectivity index (χ0v) is 13.1. The lowest BCUT2D eigenvalue weighted by molar-refractivity contribution is -0.120. The number of ether oxygens (including phenoxy) is 1. The summed E-state index contributed by atoms with van der Waals surface area (Å²) < 4.78 is 5.90. The molecule has 0 heterocycles. The molecule has 2 aromatic carbocycles. The highest BCUT2D eigenvalue weighted by molar-refractivity contribution is 5.78. The van der Waals surface area contributed by atoms with Gasteiger partial charge in [0.2, 0.25) is 5.91 Å². The summed E-state index contributed by atoms with van der Waals surface area (Å²) in [5, 5.41) is 6.13. The van der Waals surface area contributed by atoms with Crippen LogP contribution in [-0.2, 0) is 11.3 Å². The summed E-state index contributed by atoms with van der Waals surface area (Å²) in [6.07, 6.45) is 2.58. The van der Waals surface area contributed by atoms with Crippen LogP contribution < -0.4 is 15.4 Å². The Bertz CT molecular complexity index is 639. The van der Waals surface area contributed by atoms with Gasteiger partial charge in [0.25, 0.3) is 0 Å². The first kappa shape index (κ1) is 15.6. The summed E-state index contributed by atoms with van der Waals surface area (Å²) >= 11 is 0. The number of rotatable bonds is 8. The lowest BCUT2D eigenvalue weighted by atomic mass is 10.2. The van der Waals surface area contributed by atoms with Crippen molar-refractivity contribution in [3.63, 3.8) is 0 Å². The van der Waals surface area contributed by atoms with Crippen LogP contribution >= 0.6 is 0 Å². The monoisotopic (exact) mass is 310 g/mol. The van der Waals surface area contributed by atoms with E-state index >= 15 is 0 Å². The van der Waals surface area contributed by atoms with E-state index in [9.17, 15) is 4.79 Å². The number of para-hydroxylation sites is 2. The largest absolute Gasteiger partial charge is 0.457 e. The van der Waals surface area contributed by atoms with Crippen molar-refractivity contribution in [1.29, 1.82) is 0 Å². The van der Waals surface area contributed by atoms with E-state index in [0.29, 0.717) is 13.1 Å².